The Labute approximate surface area is 163 Å². The maximum absolute atomic E-state index is 12.3. The molecular formula is C19H21Cl2N3O2. The van der Waals surface area contributed by atoms with Gasteiger partial charge in [0.2, 0.25) is 5.91 Å². The van der Waals surface area contributed by atoms with Crippen LogP contribution in [0.3, 0.4) is 0 Å². The van der Waals surface area contributed by atoms with Gasteiger partial charge in [-0.25, -0.2) is 4.79 Å². The van der Waals surface area contributed by atoms with E-state index in [9.17, 15) is 9.59 Å². The minimum atomic E-state index is -0.434. The Hall–Kier alpha value is -2.24. The van der Waals surface area contributed by atoms with E-state index in [1.807, 2.05) is 32.9 Å². The maximum atomic E-state index is 12.3. The second-order valence-corrected chi connectivity index (χ2v) is 7.14. The normalized spacial score (nSPS) is 10.4. The summed E-state index contributed by atoms with van der Waals surface area (Å²) >= 11 is 11.8. The summed E-state index contributed by atoms with van der Waals surface area (Å²) in [5.74, 6) is -0.276. The molecule has 7 heteroatoms. The Morgan fingerprint density at radius 3 is 2.00 bits per heavy atom. The highest BCUT2D eigenvalue weighted by Gasteiger charge is 2.15. The Morgan fingerprint density at radius 1 is 0.923 bits per heavy atom. The molecule has 0 spiro atoms. The topological polar surface area (TPSA) is 61.4 Å². The largest absolute Gasteiger partial charge is 0.324 e. The van der Waals surface area contributed by atoms with E-state index < -0.39 is 6.03 Å². The molecule has 0 heterocycles. The van der Waals surface area contributed by atoms with Gasteiger partial charge < -0.3 is 15.5 Å². The van der Waals surface area contributed by atoms with Gasteiger partial charge in [0.25, 0.3) is 0 Å². The van der Waals surface area contributed by atoms with E-state index in [-0.39, 0.29) is 12.5 Å². The first-order valence-electron chi connectivity index (χ1n) is 8.01. The molecule has 0 saturated heterocycles. The summed E-state index contributed by atoms with van der Waals surface area (Å²) < 4.78 is 0. The molecule has 0 saturated carbocycles. The average molecular weight is 394 g/mol. The Morgan fingerprint density at radius 2 is 1.46 bits per heavy atom. The summed E-state index contributed by atoms with van der Waals surface area (Å²) in [6, 6.07) is 8.30. The molecule has 0 aliphatic heterocycles. The summed E-state index contributed by atoms with van der Waals surface area (Å²) in [5, 5.41) is 6.36. The molecule has 0 bridgehead atoms. The summed E-state index contributed by atoms with van der Waals surface area (Å²) in [6.45, 7) is 5.79. The van der Waals surface area contributed by atoms with Gasteiger partial charge in [0.1, 0.15) is 6.54 Å². The van der Waals surface area contributed by atoms with Crippen molar-refractivity contribution in [2.24, 2.45) is 0 Å². The van der Waals surface area contributed by atoms with E-state index in [4.69, 9.17) is 23.2 Å². The quantitative estimate of drug-likeness (QED) is 0.765. The second-order valence-electron chi connectivity index (χ2n) is 6.27. The van der Waals surface area contributed by atoms with Gasteiger partial charge in [0.15, 0.2) is 0 Å². The van der Waals surface area contributed by atoms with Gasteiger partial charge in [-0.2, -0.15) is 0 Å². The Balaban J connectivity index is 1.99. The van der Waals surface area contributed by atoms with Crippen LogP contribution in [0.15, 0.2) is 30.3 Å². The van der Waals surface area contributed by atoms with Crippen molar-refractivity contribution in [3.63, 3.8) is 0 Å². The zero-order valence-corrected chi connectivity index (χ0v) is 16.6. The van der Waals surface area contributed by atoms with Crippen LogP contribution in [0.5, 0.6) is 0 Å². The van der Waals surface area contributed by atoms with Gasteiger partial charge in [0.05, 0.1) is 0 Å². The van der Waals surface area contributed by atoms with Crippen molar-refractivity contribution >= 4 is 46.5 Å². The first-order chi connectivity index (χ1) is 12.2. The Kier molecular flexibility index (Phi) is 6.51. The fourth-order valence-corrected chi connectivity index (χ4v) is 3.21. The fraction of sp³-hybridized carbons (Fsp3) is 0.263. The lowest BCUT2D eigenvalue weighted by atomic mass is 10.1. The maximum Gasteiger partial charge on any atom is 0.322 e. The summed E-state index contributed by atoms with van der Waals surface area (Å²) in [7, 11) is 1.54. The molecule has 138 valence electrons. The standard InChI is InChI=1S/C19H21Cl2N3O2/c1-11-5-12(2)18(13(3)6-11)23-17(25)10-24(4)19(26)22-16-8-14(20)7-15(21)9-16/h5-9H,10H2,1-4H3,(H,22,26)(H,23,25). The van der Waals surface area contributed by atoms with Gasteiger partial charge in [-0.05, 0) is 50.1 Å². The highest BCUT2D eigenvalue weighted by molar-refractivity contribution is 6.35. The molecule has 5 nitrogen and oxygen atoms in total. The number of carbonyl (C=O) groups excluding carboxylic acids is 2. The molecule has 0 aromatic heterocycles. The van der Waals surface area contributed by atoms with E-state index in [1.54, 1.807) is 18.2 Å². The molecule has 0 atom stereocenters. The third-order valence-electron chi connectivity index (χ3n) is 3.78. The predicted octanol–water partition coefficient (Wildman–Crippen LogP) is 5.02. The summed E-state index contributed by atoms with van der Waals surface area (Å²) in [5.41, 5.74) is 4.34. The molecule has 2 aromatic rings. The van der Waals surface area contributed by atoms with Crippen molar-refractivity contribution in [1.82, 2.24) is 4.90 Å². The molecule has 2 aromatic carbocycles. The number of aryl methyl sites for hydroxylation is 3. The minimum absolute atomic E-state index is 0.0904. The average Bonchev–Trinajstić information content (AvgIpc) is 2.49. The van der Waals surface area contributed by atoms with Crippen molar-refractivity contribution < 1.29 is 9.59 Å². The van der Waals surface area contributed by atoms with E-state index in [0.717, 1.165) is 22.4 Å². The SMILES string of the molecule is Cc1cc(C)c(NC(=O)CN(C)C(=O)Nc2cc(Cl)cc(Cl)c2)c(C)c1. The van der Waals surface area contributed by atoms with Crippen LogP contribution in [0.25, 0.3) is 0 Å². The van der Waals surface area contributed by atoms with Gasteiger partial charge in [-0.3, -0.25) is 4.79 Å². The van der Waals surface area contributed by atoms with Gasteiger partial charge in [0, 0.05) is 28.5 Å². The zero-order valence-electron chi connectivity index (χ0n) is 15.1. The van der Waals surface area contributed by atoms with E-state index in [0.29, 0.717) is 15.7 Å². The van der Waals surface area contributed by atoms with E-state index >= 15 is 0 Å². The third kappa shape index (κ3) is 5.38. The third-order valence-corrected chi connectivity index (χ3v) is 4.22. The molecule has 3 amide bonds. The van der Waals surface area contributed by atoms with Crippen LogP contribution in [0.4, 0.5) is 16.2 Å². The lowest BCUT2D eigenvalue weighted by molar-refractivity contribution is -0.116. The van der Waals surface area contributed by atoms with Crippen LogP contribution in [0.2, 0.25) is 10.0 Å². The number of benzene rings is 2. The first kappa shape index (κ1) is 20.1. The number of hydrogen-bond acceptors (Lipinski definition) is 2. The lowest BCUT2D eigenvalue weighted by Crippen LogP contribution is -2.37. The van der Waals surface area contributed by atoms with E-state index in [1.165, 1.54) is 11.9 Å². The second kappa shape index (κ2) is 8.43. The number of nitrogens with one attached hydrogen (secondary N) is 2. The van der Waals surface area contributed by atoms with Gasteiger partial charge in [-0.1, -0.05) is 40.9 Å². The molecule has 0 aliphatic rings. The number of halogens is 2. The number of urea groups is 1. The van der Waals surface area contributed by atoms with Crippen molar-refractivity contribution in [3.8, 4) is 0 Å². The zero-order chi connectivity index (χ0) is 19.4. The number of amides is 3. The number of rotatable bonds is 4. The van der Waals surface area contributed by atoms with Gasteiger partial charge >= 0.3 is 6.03 Å². The monoisotopic (exact) mass is 393 g/mol. The molecule has 2 rings (SSSR count). The predicted molar refractivity (Wildman–Crippen MR) is 107 cm³/mol. The molecule has 0 fully saturated rings. The van der Waals surface area contributed by atoms with Crippen molar-refractivity contribution in [2.45, 2.75) is 20.8 Å². The van der Waals surface area contributed by atoms with Crippen molar-refractivity contribution in [2.75, 3.05) is 24.2 Å². The fourth-order valence-electron chi connectivity index (χ4n) is 2.69. The number of hydrogen-bond donors (Lipinski definition) is 2. The number of anilines is 2. The van der Waals surface area contributed by atoms with Crippen LogP contribution in [-0.2, 0) is 4.79 Å². The highest BCUT2D eigenvalue weighted by atomic mass is 35.5. The van der Waals surface area contributed by atoms with Crippen LogP contribution in [-0.4, -0.2) is 30.4 Å². The number of likely N-dealkylation sites (N-methyl/N-ethyl adjacent to an activating group) is 1. The smallest absolute Gasteiger partial charge is 0.322 e. The molecular weight excluding hydrogens is 373 g/mol. The molecule has 26 heavy (non-hydrogen) atoms. The summed E-state index contributed by atoms with van der Waals surface area (Å²) in [4.78, 5) is 25.8. The summed E-state index contributed by atoms with van der Waals surface area (Å²) in [6.07, 6.45) is 0. The minimum Gasteiger partial charge on any atom is -0.324 e. The van der Waals surface area contributed by atoms with E-state index in [2.05, 4.69) is 10.6 Å². The highest BCUT2D eigenvalue weighted by Crippen LogP contribution is 2.23. The van der Waals surface area contributed by atoms with Crippen molar-refractivity contribution in [1.29, 1.82) is 0 Å². The number of carbonyl (C=O) groups is 2. The van der Waals surface area contributed by atoms with Crippen molar-refractivity contribution in [3.05, 3.63) is 57.1 Å². The molecule has 0 aliphatic carbocycles. The molecule has 2 N–H and O–H groups in total. The Bertz CT molecular complexity index is 809. The van der Waals surface area contributed by atoms with Crippen LogP contribution >= 0.6 is 23.2 Å². The molecule has 0 radical (unpaired) electrons. The lowest BCUT2D eigenvalue weighted by Gasteiger charge is -2.19. The van der Waals surface area contributed by atoms with Crippen LogP contribution in [0.1, 0.15) is 16.7 Å². The molecule has 0 unspecified atom stereocenters. The first-order valence-corrected chi connectivity index (χ1v) is 8.77. The van der Waals surface area contributed by atoms with Gasteiger partial charge in [-0.15, -0.1) is 0 Å². The number of nitrogens with zero attached hydrogens (tertiary/aromatic N) is 1. The van der Waals surface area contributed by atoms with Crippen LogP contribution < -0.4 is 10.6 Å². The van der Waals surface area contributed by atoms with Crippen LogP contribution in [0, 0.1) is 20.8 Å².